The number of carbonyl (C=O) groups is 1. The molecule has 0 atom stereocenters. The summed E-state index contributed by atoms with van der Waals surface area (Å²) in [5, 5.41) is 25.9. The number of aromatic hydroxyl groups is 1. The van der Waals surface area contributed by atoms with E-state index in [1.54, 1.807) is 12.1 Å². The Balaban J connectivity index is 0. The van der Waals surface area contributed by atoms with Gasteiger partial charge in [0.2, 0.25) is 0 Å². The second-order valence-electron chi connectivity index (χ2n) is 3.20. The number of phenols is 1. The van der Waals surface area contributed by atoms with E-state index in [0.29, 0.717) is 5.92 Å². The molecule has 4 nitrogen and oxygen atoms in total. The molecule has 7 heteroatoms. The molecule has 82 valence electrons. The molecule has 0 unspecified atom stereocenters. The summed E-state index contributed by atoms with van der Waals surface area (Å²) in [5.41, 5.74) is 0.769. The zero-order chi connectivity index (χ0) is 11.4. The maximum absolute atomic E-state index is 12.7. The van der Waals surface area contributed by atoms with Crippen molar-refractivity contribution < 1.29 is 127 Å². The van der Waals surface area contributed by atoms with Crippen LogP contribution in [0.3, 0.4) is 0 Å². The molecule has 0 heterocycles. The van der Waals surface area contributed by atoms with Crippen LogP contribution in [-0.4, -0.2) is 11.3 Å². The van der Waals surface area contributed by atoms with Crippen molar-refractivity contribution in [3.63, 3.8) is 0 Å². The summed E-state index contributed by atoms with van der Waals surface area (Å²) in [4.78, 5) is 8.33. The first-order chi connectivity index (χ1) is 7.02. The minimum Gasteiger partial charge on any atom is -0.652 e. The maximum Gasteiger partial charge on any atom is 1.00 e. The second kappa shape index (κ2) is 10.3. The van der Waals surface area contributed by atoms with E-state index in [4.69, 9.17) is 15.0 Å². The molecule has 1 fully saturated rings. The largest absolute Gasteiger partial charge is 1.00 e. The van der Waals surface area contributed by atoms with Gasteiger partial charge in [0.15, 0.2) is 11.6 Å². The van der Waals surface area contributed by atoms with E-state index in [1.165, 1.54) is 6.07 Å². The van der Waals surface area contributed by atoms with Crippen molar-refractivity contribution in [2.24, 2.45) is 0 Å². The summed E-state index contributed by atoms with van der Waals surface area (Å²) < 4.78 is 12.7. The summed E-state index contributed by atoms with van der Waals surface area (Å²) >= 11 is 0. The number of halogens is 1. The average Bonchev–Trinajstić information content (AvgIpc) is 2.92. The Morgan fingerprint density at radius 3 is 2.18 bits per heavy atom. The molecule has 0 saturated heterocycles. The zero-order valence-corrected chi connectivity index (χ0v) is 16.0. The van der Waals surface area contributed by atoms with Crippen molar-refractivity contribution in [3.8, 4) is 5.75 Å². The fourth-order valence-corrected chi connectivity index (χ4v) is 1.26. The molecular weight excluding hydrogens is 281 g/mol. The quantitative estimate of drug-likeness (QED) is 0.522. The van der Waals surface area contributed by atoms with E-state index in [2.05, 4.69) is 0 Å². The van der Waals surface area contributed by atoms with Gasteiger partial charge in [-0.3, -0.25) is 0 Å². The Labute approximate surface area is 183 Å². The molecule has 1 aromatic carbocycles. The van der Waals surface area contributed by atoms with Crippen molar-refractivity contribution in [1.82, 2.24) is 0 Å². The van der Waals surface area contributed by atoms with Gasteiger partial charge in [0, 0.05) is 5.56 Å². The predicted octanol–water partition coefficient (Wildman–Crippen LogP) is -6.03. The van der Waals surface area contributed by atoms with Gasteiger partial charge in [-0.05, 0) is 31.0 Å². The number of para-hydroxylation sites is 1. The molecule has 0 aromatic heterocycles. The van der Waals surface area contributed by atoms with Gasteiger partial charge in [0.05, 0.1) is 0 Å². The molecule has 0 bridgehead atoms. The van der Waals surface area contributed by atoms with Crippen LogP contribution >= 0.6 is 0 Å². The van der Waals surface area contributed by atoms with Crippen molar-refractivity contribution in [1.29, 1.82) is 0 Å². The molecule has 17 heavy (non-hydrogen) atoms. The number of benzene rings is 1. The topological polar surface area (TPSA) is 83.4 Å². The first-order valence-electron chi connectivity index (χ1n) is 4.37. The van der Waals surface area contributed by atoms with Crippen LogP contribution in [0.4, 0.5) is 9.18 Å². The van der Waals surface area contributed by atoms with Crippen LogP contribution in [0.5, 0.6) is 5.75 Å². The second-order valence-corrected chi connectivity index (χ2v) is 3.20. The van der Waals surface area contributed by atoms with Gasteiger partial charge in [0.25, 0.3) is 0 Å². The van der Waals surface area contributed by atoms with Gasteiger partial charge in [0.1, 0.15) is 0 Å². The molecular formula is C10H9FK2O4. The Morgan fingerprint density at radius 1 is 1.29 bits per heavy atom. The van der Waals surface area contributed by atoms with E-state index in [0.717, 1.165) is 18.4 Å². The van der Waals surface area contributed by atoms with Crippen LogP contribution in [0.2, 0.25) is 0 Å². The Bertz CT molecular complexity index is 365. The van der Waals surface area contributed by atoms with E-state index in [1.807, 2.05) is 0 Å². The van der Waals surface area contributed by atoms with Crippen LogP contribution in [0, 0.1) is 5.82 Å². The third-order valence-electron chi connectivity index (χ3n) is 2.04. The number of hydrogen-bond donors (Lipinski definition) is 1. The van der Waals surface area contributed by atoms with Crippen molar-refractivity contribution in [3.05, 3.63) is 29.6 Å². The first-order valence-corrected chi connectivity index (χ1v) is 4.37. The fourth-order valence-electron chi connectivity index (χ4n) is 1.26. The standard InChI is InChI=1S/C9H9FO.CH2O3.2K/c10-8-3-1-2-7(9(8)11)6-4-5-6;2-1(3)4;;/h1-3,6,11H,4-5H2;(H2,2,3,4);;/q;;2*+1/p-2. The minimum atomic E-state index is -2.33. The van der Waals surface area contributed by atoms with Crippen molar-refractivity contribution in [2.75, 3.05) is 0 Å². The van der Waals surface area contributed by atoms with E-state index in [9.17, 15) is 9.50 Å². The van der Waals surface area contributed by atoms with Crippen LogP contribution in [0.15, 0.2) is 18.2 Å². The predicted molar refractivity (Wildman–Crippen MR) is 45.4 cm³/mol. The van der Waals surface area contributed by atoms with E-state index < -0.39 is 12.0 Å². The molecule has 1 aromatic rings. The normalized spacial score (nSPS) is 12.3. The summed E-state index contributed by atoms with van der Waals surface area (Å²) in [6.07, 6.45) is -0.173. The molecule has 1 N–H and O–H groups in total. The van der Waals surface area contributed by atoms with Crippen molar-refractivity contribution in [2.45, 2.75) is 18.8 Å². The Kier molecular flexibility index (Phi) is 12.6. The van der Waals surface area contributed by atoms with Gasteiger partial charge >= 0.3 is 103 Å². The fraction of sp³-hybridized carbons (Fsp3) is 0.300. The summed E-state index contributed by atoms with van der Waals surface area (Å²) in [6.45, 7) is 0. The molecule has 0 spiro atoms. The molecule has 0 aliphatic heterocycles. The monoisotopic (exact) mass is 290 g/mol. The van der Waals surface area contributed by atoms with E-state index >= 15 is 0 Å². The zero-order valence-electron chi connectivity index (χ0n) is 9.77. The van der Waals surface area contributed by atoms with Crippen molar-refractivity contribution >= 4 is 6.16 Å². The van der Waals surface area contributed by atoms with Gasteiger partial charge in [-0.15, -0.1) is 0 Å². The van der Waals surface area contributed by atoms with Crippen LogP contribution in [-0.2, 0) is 0 Å². The van der Waals surface area contributed by atoms with Crippen LogP contribution in [0.25, 0.3) is 0 Å². The Hall–Kier alpha value is 1.49. The number of hydrogen-bond acceptors (Lipinski definition) is 4. The van der Waals surface area contributed by atoms with Crippen LogP contribution < -0.4 is 113 Å². The molecule has 0 radical (unpaired) electrons. The third-order valence-corrected chi connectivity index (χ3v) is 2.04. The third kappa shape index (κ3) is 8.30. The number of carboxylic acid groups (broad SMARTS) is 2. The molecule has 1 aliphatic rings. The maximum atomic E-state index is 12.7. The molecule has 1 aliphatic carbocycles. The number of carbonyl (C=O) groups excluding carboxylic acids is 1. The summed E-state index contributed by atoms with van der Waals surface area (Å²) in [5.74, 6) is -0.255. The molecule has 1 saturated carbocycles. The SMILES string of the molecule is O=C([O-])[O-].Oc1c(F)cccc1C1CC1.[K+].[K+]. The van der Waals surface area contributed by atoms with Gasteiger partial charge in [-0.25, -0.2) is 4.39 Å². The molecule has 2 rings (SSSR count). The molecule has 0 amide bonds. The van der Waals surface area contributed by atoms with E-state index in [-0.39, 0.29) is 109 Å². The van der Waals surface area contributed by atoms with Crippen LogP contribution in [0.1, 0.15) is 24.3 Å². The number of rotatable bonds is 1. The average molecular weight is 290 g/mol. The van der Waals surface area contributed by atoms with Gasteiger partial charge in [-0.2, -0.15) is 0 Å². The first kappa shape index (κ1) is 20.8. The smallest absolute Gasteiger partial charge is 0.652 e. The van der Waals surface area contributed by atoms with Gasteiger partial charge < -0.3 is 20.1 Å². The Morgan fingerprint density at radius 2 is 1.76 bits per heavy atom. The number of phenolic OH excluding ortho intramolecular Hbond substituents is 1. The minimum absolute atomic E-state index is 0. The summed E-state index contributed by atoms with van der Waals surface area (Å²) in [6, 6.07) is 4.71. The summed E-state index contributed by atoms with van der Waals surface area (Å²) in [7, 11) is 0. The van der Waals surface area contributed by atoms with Gasteiger partial charge in [-0.1, -0.05) is 12.1 Å².